The summed E-state index contributed by atoms with van der Waals surface area (Å²) in [5.41, 5.74) is 0. The molecule has 4 nitrogen and oxygen atoms in total. The van der Waals surface area contributed by atoms with E-state index in [0.717, 1.165) is 23.0 Å². The fraction of sp³-hybridized carbons (Fsp3) is 0.455. The van der Waals surface area contributed by atoms with Gasteiger partial charge >= 0.3 is 0 Å². The van der Waals surface area contributed by atoms with Crippen molar-refractivity contribution in [2.75, 3.05) is 20.1 Å². The van der Waals surface area contributed by atoms with Crippen LogP contribution in [0.15, 0.2) is 23.1 Å². The SMILES string of the molecule is CN(C1CCNC1)S(=O)(=O)c1cccc(F)c1F. The van der Waals surface area contributed by atoms with Crippen LogP contribution in [-0.2, 0) is 10.0 Å². The first-order valence-electron chi connectivity index (χ1n) is 5.57. The normalized spacial score (nSPS) is 20.6. The molecule has 0 radical (unpaired) electrons. The fourth-order valence-corrected chi connectivity index (χ4v) is 3.44. The lowest BCUT2D eigenvalue weighted by atomic mass is 10.3. The van der Waals surface area contributed by atoms with E-state index in [2.05, 4.69) is 5.32 Å². The summed E-state index contributed by atoms with van der Waals surface area (Å²) in [6.45, 7) is 1.24. The Morgan fingerprint density at radius 1 is 1.39 bits per heavy atom. The lowest BCUT2D eigenvalue weighted by Gasteiger charge is -2.23. The molecule has 1 heterocycles. The van der Waals surface area contributed by atoms with Crippen molar-refractivity contribution in [1.82, 2.24) is 9.62 Å². The van der Waals surface area contributed by atoms with Gasteiger partial charge < -0.3 is 5.32 Å². The van der Waals surface area contributed by atoms with Crippen molar-refractivity contribution in [2.24, 2.45) is 0 Å². The molecule has 0 aromatic heterocycles. The number of hydrogen-bond acceptors (Lipinski definition) is 3. The summed E-state index contributed by atoms with van der Waals surface area (Å²) in [5, 5.41) is 3.03. The van der Waals surface area contributed by atoms with Crippen molar-refractivity contribution < 1.29 is 17.2 Å². The van der Waals surface area contributed by atoms with Crippen LogP contribution in [0.1, 0.15) is 6.42 Å². The number of halogens is 2. The summed E-state index contributed by atoms with van der Waals surface area (Å²) < 4.78 is 52.1. The molecule has 1 aromatic carbocycles. The highest BCUT2D eigenvalue weighted by atomic mass is 32.2. The average Bonchev–Trinajstić information content (AvgIpc) is 2.85. The van der Waals surface area contributed by atoms with E-state index in [4.69, 9.17) is 0 Å². The van der Waals surface area contributed by atoms with E-state index in [1.807, 2.05) is 0 Å². The zero-order valence-electron chi connectivity index (χ0n) is 9.86. The van der Waals surface area contributed by atoms with Gasteiger partial charge in [-0.05, 0) is 25.1 Å². The molecule has 1 unspecified atom stereocenters. The van der Waals surface area contributed by atoms with Crippen LogP contribution in [-0.4, -0.2) is 38.9 Å². The van der Waals surface area contributed by atoms with E-state index in [0.29, 0.717) is 13.0 Å². The molecular weight excluding hydrogens is 262 g/mol. The van der Waals surface area contributed by atoms with Crippen LogP contribution in [0.4, 0.5) is 8.78 Å². The fourth-order valence-electron chi connectivity index (χ4n) is 1.98. The number of benzene rings is 1. The summed E-state index contributed by atoms with van der Waals surface area (Å²) in [6.07, 6.45) is 0.659. The highest BCUT2D eigenvalue weighted by Crippen LogP contribution is 2.23. The van der Waals surface area contributed by atoms with Gasteiger partial charge in [0.2, 0.25) is 10.0 Å². The zero-order chi connectivity index (χ0) is 13.3. The van der Waals surface area contributed by atoms with Crippen LogP contribution >= 0.6 is 0 Å². The Labute approximate surface area is 105 Å². The number of likely N-dealkylation sites (N-methyl/N-ethyl adjacent to an activating group) is 1. The predicted octanol–water partition coefficient (Wildman–Crippen LogP) is 0.947. The Balaban J connectivity index is 2.38. The van der Waals surface area contributed by atoms with Gasteiger partial charge in [-0.25, -0.2) is 17.2 Å². The Morgan fingerprint density at radius 2 is 2.11 bits per heavy atom. The first kappa shape index (κ1) is 13.4. The molecular formula is C11H14F2N2O2S. The van der Waals surface area contributed by atoms with Gasteiger partial charge in [-0.15, -0.1) is 0 Å². The molecule has 1 aliphatic heterocycles. The molecule has 1 fully saturated rings. The van der Waals surface area contributed by atoms with Crippen LogP contribution in [0.25, 0.3) is 0 Å². The monoisotopic (exact) mass is 276 g/mol. The third kappa shape index (κ3) is 2.25. The van der Waals surface area contributed by atoms with Crippen molar-refractivity contribution in [3.8, 4) is 0 Å². The maximum absolute atomic E-state index is 13.5. The van der Waals surface area contributed by atoms with Crippen molar-refractivity contribution in [2.45, 2.75) is 17.4 Å². The number of hydrogen-bond donors (Lipinski definition) is 1. The Kier molecular flexibility index (Phi) is 3.65. The minimum atomic E-state index is -4.00. The van der Waals surface area contributed by atoms with Crippen LogP contribution in [0, 0.1) is 11.6 Å². The van der Waals surface area contributed by atoms with Crippen LogP contribution < -0.4 is 5.32 Å². The topological polar surface area (TPSA) is 49.4 Å². The van der Waals surface area contributed by atoms with Gasteiger partial charge in [0, 0.05) is 19.6 Å². The van der Waals surface area contributed by atoms with E-state index < -0.39 is 26.6 Å². The van der Waals surface area contributed by atoms with E-state index in [9.17, 15) is 17.2 Å². The summed E-state index contributed by atoms with van der Waals surface area (Å²) in [4.78, 5) is -0.614. The van der Waals surface area contributed by atoms with Crippen molar-refractivity contribution in [1.29, 1.82) is 0 Å². The predicted molar refractivity (Wildman–Crippen MR) is 62.6 cm³/mol. The van der Waals surface area contributed by atoms with Crippen LogP contribution in [0.3, 0.4) is 0 Å². The second kappa shape index (κ2) is 4.91. The van der Waals surface area contributed by atoms with Crippen molar-refractivity contribution in [3.05, 3.63) is 29.8 Å². The largest absolute Gasteiger partial charge is 0.315 e. The van der Waals surface area contributed by atoms with Gasteiger partial charge in [0.1, 0.15) is 4.90 Å². The highest BCUT2D eigenvalue weighted by Gasteiger charge is 2.32. The standard InChI is InChI=1S/C11H14F2N2O2S/c1-15(8-5-6-14-7-8)18(16,17)10-4-2-3-9(12)11(10)13/h2-4,8,14H,5-7H2,1H3. The first-order chi connectivity index (χ1) is 8.44. The molecule has 1 N–H and O–H groups in total. The molecule has 0 bridgehead atoms. The van der Waals surface area contributed by atoms with Gasteiger partial charge in [0.05, 0.1) is 0 Å². The van der Waals surface area contributed by atoms with Crippen LogP contribution in [0.2, 0.25) is 0 Å². The van der Waals surface area contributed by atoms with E-state index >= 15 is 0 Å². The molecule has 18 heavy (non-hydrogen) atoms. The lowest BCUT2D eigenvalue weighted by Crippen LogP contribution is -2.38. The second-order valence-corrected chi connectivity index (χ2v) is 6.19. The molecule has 0 aliphatic carbocycles. The minimum Gasteiger partial charge on any atom is -0.315 e. The number of nitrogens with one attached hydrogen (secondary N) is 1. The Bertz CT molecular complexity index is 542. The first-order valence-corrected chi connectivity index (χ1v) is 7.01. The summed E-state index contributed by atoms with van der Waals surface area (Å²) in [7, 11) is -2.61. The second-order valence-electron chi connectivity index (χ2n) is 4.22. The smallest absolute Gasteiger partial charge is 0.246 e. The van der Waals surface area contributed by atoms with Gasteiger partial charge in [0.15, 0.2) is 11.6 Å². The number of sulfonamides is 1. The maximum atomic E-state index is 13.5. The molecule has 0 amide bonds. The molecule has 0 saturated carbocycles. The average molecular weight is 276 g/mol. The van der Waals surface area contributed by atoms with Gasteiger partial charge in [-0.2, -0.15) is 4.31 Å². The molecule has 2 rings (SSSR count). The summed E-state index contributed by atoms with van der Waals surface area (Å²) in [6, 6.07) is 2.93. The molecule has 100 valence electrons. The Hall–Kier alpha value is -1.05. The van der Waals surface area contributed by atoms with E-state index in [1.165, 1.54) is 13.1 Å². The highest BCUT2D eigenvalue weighted by molar-refractivity contribution is 7.89. The van der Waals surface area contributed by atoms with Gasteiger partial charge in [-0.3, -0.25) is 0 Å². The molecule has 1 aliphatic rings. The molecule has 1 atom stereocenters. The maximum Gasteiger partial charge on any atom is 0.246 e. The summed E-state index contributed by atoms with van der Waals surface area (Å²) >= 11 is 0. The number of rotatable bonds is 3. The minimum absolute atomic E-state index is 0.224. The van der Waals surface area contributed by atoms with Gasteiger partial charge in [-0.1, -0.05) is 6.07 Å². The van der Waals surface area contributed by atoms with Gasteiger partial charge in [0.25, 0.3) is 0 Å². The zero-order valence-corrected chi connectivity index (χ0v) is 10.7. The lowest BCUT2D eigenvalue weighted by molar-refractivity contribution is 0.383. The molecule has 1 aromatic rings. The molecule has 7 heteroatoms. The quantitative estimate of drug-likeness (QED) is 0.894. The van der Waals surface area contributed by atoms with Crippen molar-refractivity contribution in [3.63, 3.8) is 0 Å². The third-order valence-corrected chi connectivity index (χ3v) is 5.05. The van der Waals surface area contributed by atoms with E-state index in [1.54, 1.807) is 0 Å². The van der Waals surface area contributed by atoms with E-state index in [-0.39, 0.29) is 6.04 Å². The third-order valence-electron chi connectivity index (χ3n) is 3.12. The molecule has 0 spiro atoms. The molecule has 1 saturated heterocycles. The Morgan fingerprint density at radius 3 is 2.72 bits per heavy atom. The number of nitrogens with zero attached hydrogens (tertiary/aromatic N) is 1. The van der Waals surface area contributed by atoms with Crippen molar-refractivity contribution >= 4 is 10.0 Å². The summed E-state index contributed by atoms with van der Waals surface area (Å²) in [5.74, 6) is -2.48. The van der Waals surface area contributed by atoms with Crippen LogP contribution in [0.5, 0.6) is 0 Å².